The molecule has 0 radical (unpaired) electrons. The van der Waals surface area contributed by atoms with Gasteiger partial charge in [0.1, 0.15) is 24.4 Å². The van der Waals surface area contributed by atoms with Crippen LogP contribution in [-0.2, 0) is 9.59 Å². The molecule has 0 saturated carbocycles. The van der Waals surface area contributed by atoms with Crippen LogP contribution in [0.15, 0.2) is 0 Å². The quantitative estimate of drug-likeness (QED) is 0.216. The van der Waals surface area contributed by atoms with Gasteiger partial charge in [-0.05, 0) is 13.1 Å². The molecular weight excluding hydrogens is 408 g/mol. The van der Waals surface area contributed by atoms with Crippen LogP contribution in [0.25, 0.3) is 0 Å². The fourth-order valence-corrected chi connectivity index (χ4v) is 0.662. The summed E-state index contributed by atoms with van der Waals surface area (Å²) in [6.07, 6.45) is -11.8. The van der Waals surface area contributed by atoms with Crippen molar-refractivity contribution in [2.24, 2.45) is 0 Å². The van der Waals surface area contributed by atoms with Gasteiger partial charge in [-0.1, -0.05) is 0 Å². The summed E-state index contributed by atoms with van der Waals surface area (Å²) in [5, 5.41) is 87.4. The minimum Gasteiger partial charge on any atom is -0.652 e. The fraction of sp³-hybridized carbons (Fsp3) is 0.700. The summed E-state index contributed by atoms with van der Waals surface area (Å²) in [7, 11) is 0. The normalized spacial score (nSPS) is 14.8. The van der Waals surface area contributed by atoms with Crippen LogP contribution in [0.3, 0.4) is 0 Å². The number of aliphatic carboxylic acids is 2. The van der Waals surface area contributed by atoms with E-state index in [1.807, 2.05) is 0 Å². The molecule has 0 rings (SSSR count). The van der Waals surface area contributed by atoms with E-state index >= 15 is 0 Å². The van der Waals surface area contributed by atoms with Crippen LogP contribution in [0.4, 0.5) is 4.79 Å². The molecule has 0 aliphatic rings. The number of aliphatic hydroxyl groups excluding tert-OH is 6. The maximum atomic E-state index is 9.98. The number of hydrogen-bond donors (Lipinski definition) is 6. The van der Waals surface area contributed by atoms with Crippen LogP contribution >= 0.6 is 0 Å². The van der Waals surface area contributed by atoms with Gasteiger partial charge in [-0.25, -0.2) is 0 Å². The van der Waals surface area contributed by atoms with Crippen LogP contribution in [0.5, 0.6) is 0 Å². The van der Waals surface area contributed by atoms with E-state index in [2.05, 4.69) is 0 Å². The Bertz CT molecular complexity index is 361. The van der Waals surface area contributed by atoms with E-state index in [1.54, 1.807) is 0 Å². The fourth-order valence-electron chi connectivity index (χ4n) is 0.662. The van der Waals surface area contributed by atoms with Gasteiger partial charge in [-0.15, -0.1) is 0 Å². The third-order valence-corrected chi connectivity index (χ3v) is 1.84. The van der Waals surface area contributed by atoms with E-state index in [9.17, 15) is 19.8 Å². The molecule has 0 amide bonds. The molecule has 0 aromatic rings. The Labute approximate surface area is 201 Å². The minimum atomic E-state index is -2.33. The molecule has 13 nitrogen and oxygen atoms in total. The number of hydrogen-bond acceptors (Lipinski definition) is 13. The molecule has 0 fully saturated rings. The van der Waals surface area contributed by atoms with Gasteiger partial charge in [0, 0.05) is 0 Å². The first kappa shape index (κ1) is 36.4. The molecule has 1 unspecified atom stereocenters. The zero-order chi connectivity index (χ0) is 19.3. The average Bonchev–Trinajstić information content (AvgIpc) is 2.43. The number of carbonyl (C=O) groups excluding carboxylic acids is 3. The number of carboxylic acids is 2. The molecule has 0 aliphatic heterocycles. The van der Waals surface area contributed by atoms with Crippen molar-refractivity contribution >= 4 is 93.6 Å². The minimum absolute atomic E-state index is 0. The summed E-state index contributed by atoms with van der Waals surface area (Å²) in [6.45, 7) is 0.271. The Balaban J connectivity index is -0.0000000937. The van der Waals surface area contributed by atoms with Crippen LogP contribution in [0.1, 0.15) is 6.92 Å². The van der Waals surface area contributed by atoms with Crippen molar-refractivity contribution in [3.05, 3.63) is 0 Å². The first-order chi connectivity index (χ1) is 10.3. The van der Waals surface area contributed by atoms with Crippen molar-refractivity contribution in [2.45, 2.75) is 37.4 Å². The Kier molecular flexibility index (Phi) is 30.3. The van der Waals surface area contributed by atoms with Gasteiger partial charge in [0.2, 0.25) is 0 Å². The summed E-state index contributed by atoms with van der Waals surface area (Å²) in [5.74, 6) is -3.41. The number of carboxylic acid groups (broad SMARTS) is 4. The molecule has 5 atom stereocenters. The largest absolute Gasteiger partial charge is 2.00 e. The standard InChI is InChI=1S/C6H12O7.C3H6O3.CH2O3.2Ca/c7-1-2(8)3(9)4(10)5(11)6(12)13;1-2(4)3(5)6;2-1(3)4;;/h2-5,7-11H,1H2,(H,12,13);2,4H,1H3,(H,5,6);(H2,2,3,4);;/q;;;2*+2/p-4/t2-,3-,4+,5-;;;;/m1..../s1. The summed E-state index contributed by atoms with van der Waals surface area (Å²) in [6, 6.07) is 0. The van der Waals surface area contributed by atoms with Crippen LogP contribution in [0.2, 0.25) is 0 Å². The Morgan fingerprint density at radius 2 is 1.08 bits per heavy atom. The summed E-state index contributed by atoms with van der Waals surface area (Å²) >= 11 is 0. The number of carbonyl (C=O) groups is 3. The van der Waals surface area contributed by atoms with Gasteiger partial charge in [-0.3, -0.25) is 0 Å². The van der Waals surface area contributed by atoms with Crippen LogP contribution in [-0.4, -0.2) is 161 Å². The van der Waals surface area contributed by atoms with Gasteiger partial charge < -0.3 is 65.4 Å². The molecule has 138 valence electrons. The second-order valence-corrected chi connectivity index (χ2v) is 3.74. The second kappa shape index (κ2) is 20.8. The first-order valence-corrected chi connectivity index (χ1v) is 5.60. The third-order valence-electron chi connectivity index (χ3n) is 1.84. The molecular formula is C10H16Ca2O13. The topological polar surface area (TPSA) is 265 Å². The molecule has 25 heavy (non-hydrogen) atoms. The number of rotatable bonds is 6. The molecule has 0 heterocycles. The SMILES string of the molecule is CC(O)C(=O)[O-].O=C([O-])[C@H](O)[C@@H](O)[C@H](O)[C@H](O)CO.O=C([O-])[O-].[Ca+2].[Ca+2]. The predicted molar refractivity (Wildman–Crippen MR) is 69.7 cm³/mol. The van der Waals surface area contributed by atoms with Crippen LogP contribution in [0, 0.1) is 0 Å². The summed E-state index contributed by atoms with van der Waals surface area (Å²) in [4.78, 5) is 27.7. The monoisotopic (exact) mass is 424 g/mol. The van der Waals surface area contributed by atoms with Gasteiger partial charge in [0.25, 0.3) is 0 Å². The molecule has 0 spiro atoms. The third kappa shape index (κ3) is 24.5. The first-order valence-electron chi connectivity index (χ1n) is 5.60. The van der Waals surface area contributed by atoms with Crippen molar-refractivity contribution < 1.29 is 65.4 Å². The molecule has 6 N–H and O–H groups in total. The predicted octanol–water partition coefficient (Wildman–Crippen LogP) is -9.92. The molecule has 0 aromatic carbocycles. The second-order valence-electron chi connectivity index (χ2n) is 3.74. The van der Waals surface area contributed by atoms with E-state index in [4.69, 9.17) is 45.6 Å². The summed E-state index contributed by atoms with van der Waals surface area (Å²) < 4.78 is 0. The molecule has 0 saturated heterocycles. The zero-order valence-electron chi connectivity index (χ0n) is 13.0. The molecule has 15 heteroatoms. The van der Waals surface area contributed by atoms with E-state index in [0.29, 0.717) is 0 Å². The molecule has 0 bridgehead atoms. The van der Waals surface area contributed by atoms with Gasteiger partial charge in [-0.2, -0.15) is 0 Å². The van der Waals surface area contributed by atoms with Gasteiger partial charge in [0.15, 0.2) is 0 Å². The van der Waals surface area contributed by atoms with E-state index in [-0.39, 0.29) is 75.5 Å². The van der Waals surface area contributed by atoms with Crippen molar-refractivity contribution in [1.82, 2.24) is 0 Å². The Hall–Kier alpha value is 0.489. The maximum Gasteiger partial charge on any atom is 2.00 e. The van der Waals surface area contributed by atoms with Gasteiger partial charge in [0.05, 0.1) is 24.6 Å². The van der Waals surface area contributed by atoms with Gasteiger partial charge >= 0.3 is 75.5 Å². The molecule has 0 aromatic heterocycles. The number of aliphatic hydroxyl groups is 6. The van der Waals surface area contributed by atoms with E-state index < -0.39 is 55.2 Å². The average molecular weight is 424 g/mol. The van der Waals surface area contributed by atoms with Crippen molar-refractivity contribution in [2.75, 3.05) is 6.61 Å². The van der Waals surface area contributed by atoms with Crippen molar-refractivity contribution in [1.29, 1.82) is 0 Å². The molecule has 0 aliphatic carbocycles. The van der Waals surface area contributed by atoms with Crippen molar-refractivity contribution in [3.8, 4) is 0 Å². The Morgan fingerprint density at radius 3 is 1.24 bits per heavy atom. The summed E-state index contributed by atoms with van der Waals surface area (Å²) in [5.41, 5.74) is 0. The van der Waals surface area contributed by atoms with E-state index in [1.165, 1.54) is 0 Å². The van der Waals surface area contributed by atoms with E-state index in [0.717, 1.165) is 6.92 Å². The van der Waals surface area contributed by atoms with Crippen LogP contribution < -0.4 is 20.4 Å². The zero-order valence-corrected chi connectivity index (χ0v) is 17.5. The smallest absolute Gasteiger partial charge is 0.652 e. The maximum absolute atomic E-state index is 9.98. The van der Waals surface area contributed by atoms with Crippen molar-refractivity contribution in [3.63, 3.8) is 0 Å². The Morgan fingerprint density at radius 1 is 0.800 bits per heavy atom.